The lowest BCUT2D eigenvalue weighted by Crippen LogP contribution is -2.28. The monoisotopic (exact) mass is 425 g/mol. The summed E-state index contributed by atoms with van der Waals surface area (Å²) in [7, 11) is 0. The van der Waals surface area contributed by atoms with Gasteiger partial charge in [0.2, 0.25) is 0 Å². The van der Waals surface area contributed by atoms with Crippen LogP contribution >= 0.6 is 0 Å². The predicted molar refractivity (Wildman–Crippen MR) is 110 cm³/mol. The number of ether oxygens (including phenoxy) is 1. The molecule has 2 atom stereocenters. The predicted octanol–water partition coefficient (Wildman–Crippen LogP) is 2.19. The lowest BCUT2D eigenvalue weighted by atomic mass is 9.99. The number of hydrogen-bond donors (Lipinski definition) is 1. The number of aliphatic hydroxyl groups is 1. The number of aryl methyl sites for hydroxylation is 1. The molecule has 8 nitrogen and oxygen atoms in total. The summed E-state index contributed by atoms with van der Waals surface area (Å²) in [6.45, 7) is 3.36. The van der Waals surface area contributed by atoms with Gasteiger partial charge in [0.15, 0.2) is 0 Å². The van der Waals surface area contributed by atoms with Crippen LogP contribution in [0.5, 0.6) is 5.75 Å². The van der Waals surface area contributed by atoms with Crippen molar-refractivity contribution in [1.82, 2.24) is 25.1 Å². The molecule has 0 saturated carbocycles. The van der Waals surface area contributed by atoms with Crippen molar-refractivity contribution in [3.63, 3.8) is 0 Å². The Balaban J connectivity index is 1.29. The summed E-state index contributed by atoms with van der Waals surface area (Å²) in [5.41, 5.74) is 1.63. The number of nitrogens with zero attached hydrogens (tertiary/aromatic N) is 5. The lowest BCUT2D eigenvalue weighted by molar-refractivity contribution is 0.0789. The Kier molecular flexibility index (Phi) is 6.22. The van der Waals surface area contributed by atoms with Crippen LogP contribution in [0.25, 0.3) is 0 Å². The van der Waals surface area contributed by atoms with E-state index in [1.54, 1.807) is 43.3 Å². The fourth-order valence-corrected chi connectivity index (χ4v) is 3.69. The van der Waals surface area contributed by atoms with Crippen molar-refractivity contribution in [1.29, 1.82) is 0 Å². The second-order valence-electron chi connectivity index (χ2n) is 7.69. The average Bonchev–Trinajstić information content (AvgIpc) is 3.42. The number of carbonyl (C=O) groups excluding carboxylic acids is 1. The molecule has 2 aromatic carbocycles. The van der Waals surface area contributed by atoms with Gasteiger partial charge in [0, 0.05) is 24.6 Å². The summed E-state index contributed by atoms with van der Waals surface area (Å²) in [6, 6.07) is 13.4. The molecule has 0 aliphatic carbocycles. The zero-order valence-electron chi connectivity index (χ0n) is 17.2. The minimum atomic E-state index is -0.767. The fourth-order valence-electron chi connectivity index (χ4n) is 3.69. The Morgan fingerprint density at radius 3 is 2.65 bits per heavy atom. The van der Waals surface area contributed by atoms with Crippen molar-refractivity contribution >= 4 is 5.91 Å². The number of aromatic nitrogens is 4. The van der Waals surface area contributed by atoms with Crippen LogP contribution in [0.2, 0.25) is 0 Å². The summed E-state index contributed by atoms with van der Waals surface area (Å²) >= 11 is 0. The molecule has 1 amide bonds. The van der Waals surface area contributed by atoms with Crippen LogP contribution in [0, 0.1) is 12.7 Å². The number of hydrogen-bond acceptors (Lipinski definition) is 6. The van der Waals surface area contributed by atoms with Gasteiger partial charge in [-0.1, -0.05) is 12.1 Å². The molecule has 1 unspecified atom stereocenters. The van der Waals surface area contributed by atoms with Crippen molar-refractivity contribution in [2.24, 2.45) is 0 Å². The number of benzene rings is 2. The van der Waals surface area contributed by atoms with E-state index < -0.39 is 6.10 Å². The van der Waals surface area contributed by atoms with Gasteiger partial charge >= 0.3 is 0 Å². The number of rotatable bonds is 7. The fraction of sp³-hybridized carbons (Fsp3) is 0.364. The molecule has 0 radical (unpaired) electrons. The molecule has 0 bridgehead atoms. The van der Waals surface area contributed by atoms with E-state index in [-0.39, 0.29) is 30.8 Å². The van der Waals surface area contributed by atoms with Crippen LogP contribution < -0.4 is 4.74 Å². The van der Waals surface area contributed by atoms with Crippen molar-refractivity contribution in [3.05, 3.63) is 71.3 Å². The molecule has 1 aliphatic heterocycles. The maximum Gasteiger partial charge on any atom is 0.253 e. The smallest absolute Gasteiger partial charge is 0.253 e. The van der Waals surface area contributed by atoms with Crippen LogP contribution in [0.3, 0.4) is 0 Å². The minimum absolute atomic E-state index is 0.0367. The number of tetrazole rings is 1. The summed E-state index contributed by atoms with van der Waals surface area (Å²) in [5.74, 6) is 1.11. The van der Waals surface area contributed by atoms with Crippen molar-refractivity contribution < 1.29 is 19.0 Å². The Morgan fingerprint density at radius 2 is 1.97 bits per heavy atom. The zero-order valence-corrected chi connectivity index (χ0v) is 17.2. The Hall–Kier alpha value is -3.33. The molecule has 162 valence electrons. The van der Waals surface area contributed by atoms with E-state index in [9.17, 15) is 14.3 Å². The molecule has 1 aromatic heterocycles. The SMILES string of the molecule is Cc1nnnn1CC(O)COc1ccc(C(=O)N2CC[C@H](c3ccc(F)cc3)C2)cc1. The molecule has 9 heteroatoms. The van der Waals surface area contributed by atoms with Gasteiger partial charge in [0.25, 0.3) is 5.91 Å². The minimum Gasteiger partial charge on any atom is -0.491 e. The topological polar surface area (TPSA) is 93.4 Å². The van der Waals surface area contributed by atoms with Gasteiger partial charge in [-0.2, -0.15) is 0 Å². The van der Waals surface area contributed by atoms with E-state index in [1.807, 2.05) is 4.90 Å². The largest absolute Gasteiger partial charge is 0.491 e. The van der Waals surface area contributed by atoms with Gasteiger partial charge in [-0.25, -0.2) is 9.07 Å². The van der Waals surface area contributed by atoms with Crippen LogP contribution in [-0.2, 0) is 6.54 Å². The molecule has 1 saturated heterocycles. The third-order valence-corrected chi connectivity index (χ3v) is 5.46. The maximum absolute atomic E-state index is 13.1. The first-order chi connectivity index (χ1) is 15.0. The average molecular weight is 425 g/mol. The highest BCUT2D eigenvalue weighted by Crippen LogP contribution is 2.28. The normalized spacial score (nSPS) is 17.0. The summed E-state index contributed by atoms with van der Waals surface area (Å²) < 4.78 is 20.3. The highest BCUT2D eigenvalue weighted by Gasteiger charge is 2.28. The van der Waals surface area contributed by atoms with Crippen molar-refractivity contribution in [2.45, 2.75) is 31.9 Å². The molecule has 1 N–H and O–H groups in total. The number of amides is 1. The highest BCUT2D eigenvalue weighted by molar-refractivity contribution is 5.94. The van der Waals surface area contributed by atoms with Gasteiger partial charge in [-0.05, 0) is 65.7 Å². The van der Waals surface area contributed by atoms with E-state index in [1.165, 1.54) is 16.8 Å². The molecule has 31 heavy (non-hydrogen) atoms. The molecule has 1 aliphatic rings. The van der Waals surface area contributed by atoms with E-state index in [0.717, 1.165) is 12.0 Å². The van der Waals surface area contributed by atoms with Crippen LogP contribution in [0.1, 0.15) is 34.1 Å². The van der Waals surface area contributed by atoms with E-state index in [0.29, 0.717) is 30.2 Å². The number of aliphatic hydroxyl groups excluding tert-OH is 1. The second kappa shape index (κ2) is 9.22. The number of carbonyl (C=O) groups is 1. The molecule has 2 heterocycles. The zero-order chi connectivity index (χ0) is 21.8. The van der Waals surface area contributed by atoms with Gasteiger partial charge in [0.05, 0.1) is 6.54 Å². The van der Waals surface area contributed by atoms with Gasteiger partial charge in [-0.15, -0.1) is 5.10 Å². The molecular formula is C22H24FN5O3. The summed E-state index contributed by atoms with van der Waals surface area (Å²) in [5, 5.41) is 21.2. The molecular weight excluding hydrogens is 401 g/mol. The summed E-state index contributed by atoms with van der Waals surface area (Å²) in [6.07, 6.45) is 0.0912. The van der Waals surface area contributed by atoms with Crippen LogP contribution in [0.15, 0.2) is 48.5 Å². The molecule has 3 aromatic rings. The number of likely N-dealkylation sites (tertiary alicyclic amines) is 1. The lowest BCUT2D eigenvalue weighted by Gasteiger charge is -2.17. The first-order valence-electron chi connectivity index (χ1n) is 10.2. The van der Waals surface area contributed by atoms with Crippen LogP contribution in [0.4, 0.5) is 4.39 Å². The Bertz CT molecular complexity index is 1020. The maximum atomic E-state index is 13.1. The Labute approximate surface area is 179 Å². The quantitative estimate of drug-likeness (QED) is 0.624. The molecule has 1 fully saturated rings. The third kappa shape index (κ3) is 5.05. The first kappa shape index (κ1) is 20.9. The summed E-state index contributed by atoms with van der Waals surface area (Å²) in [4.78, 5) is 14.7. The van der Waals surface area contributed by atoms with E-state index in [2.05, 4.69) is 15.5 Å². The van der Waals surface area contributed by atoms with E-state index in [4.69, 9.17) is 4.74 Å². The van der Waals surface area contributed by atoms with Gasteiger partial charge in [-0.3, -0.25) is 4.79 Å². The second-order valence-corrected chi connectivity index (χ2v) is 7.69. The van der Waals surface area contributed by atoms with Gasteiger partial charge < -0.3 is 14.7 Å². The van der Waals surface area contributed by atoms with E-state index >= 15 is 0 Å². The molecule has 0 spiro atoms. The molecule has 4 rings (SSSR count). The third-order valence-electron chi connectivity index (χ3n) is 5.46. The van der Waals surface area contributed by atoms with Gasteiger partial charge in [0.1, 0.15) is 30.1 Å². The standard InChI is InChI=1S/C22H24FN5O3/c1-15-24-25-26-28(15)13-20(29)14-31-21-8-4-17(5-9-21)22(30)27-11-10-18(12-27)16-2-6-19(23)7-3-16/h2-9,18,20,29H,10-14H2,1H3/t18-,20?/m0/s1. The number of halogens is 1. The van der Waals surface area contributed by atoms with Crippen molar-refractivity contribution in [3.8, 4) is 5.75 Å². The van der Waals surface area contributed by atoms with Crippen molar-refractivity contribution in [2.75, 3.05) is 19.7 Å². The Morgan fingerprint density at radius 1 is 1.23 bits per heavy atom. The first-order valence-corrected chi connectivity index (χ1v) is 10.2. The highest BCUT2D eigenvalue weighted by atomic mass is 19.1. The van der Waals surface area contributed by atoms with Crippen LogP contribution in [-0.4, -0.2) is 61.9 Å².